The van der Waals surface area contributed by atoms with Crippen LogP contribution in [0.4, 0.5) is 17.6 Å². The number of hydrogen-bond donors (Lipinski definition) is 1. The smallest absolute Gasteiger partial charge is 0.264 e. The van der Waals surface area contributed by atoms with Gasteiger partial charge in [-0.15, -0.1) is 0 Å². The molecule has 0 saturated heterocycles. The summed E-state index contributed by atoms with van der Waals surface area (Å²) >= 11 is 0. The molecule has 14 heavy (non-hydrogen) atoms. The van der Waals surface area contributed by atoms with Crippen molar-refractivity contribution in [1.29, 1.82) is 0 Å². The van der Waals surface area contributed by atoms with E-state index < -0.39 is 36.1 Å². The van der Waals surface area contributed by atoms with Crippen molar-refractivity contribution in [3.63, 3.8) is 0 Å². The van der Waals surface area contributed by atoms with Gasteiger partial charge < -0.3 is 5.11 Å². The van der Waals surface area contributed by atoms with E-state index in [4.69, 9.17) is 5.11 Å². The van der Waals surface area contributed by atoms with Crippen LogP contribution in [0.1, 0.15) is 5.56 Å². The van der Waals surface area contributed by atoms with Gasteiger partial charge in [0.15, 0.2) is 0 Å². The van der Waals surface area contributed by atoms with Gasteiger partial charge in [0.1, 0.15) is 17.7 Å². The van der Waals surface area contributed by atoms with Crippen LogP contribution in [-0.4, -0.2) is 17.6 Å². The largest absolute Gasteiger partial charge is 0.387 e. The van der Waals surface area contributed by atoms with Crippen LogP contribution in [0.2, 0.25) is 0 Å². The topological polar surface area (TPSA) is 20.2 Å². The molecule has 1 aromatic carbocycles. The molecule has 1 nitrogen and oxygen atoms in total. The predicted molar refractivity (Wildman–Crippen MR) is 42.1 cm³/mol. The molecule has 1 N–H and O–H groups in total. The number of hydrogen-bond acceptors (Lipinski definition) is 1. The highest BCUT2D eigenvalue weighted by atomic mass is 19.3. The van der Waals surface area contributed by atoms with Gasteiger partial charge in [-0.1, -0.05) is 6.07 Å². The summed E-state index contributed by atoms with van der Waals surface area (Å²) in [4.78, 5) is 0. The Bertz CT molecular complexity index is 293. The van der Waals surface area contributed by atoms with Crippen molar-refractivity contribution in [2.75, 3.05) is 0 Å². The van der Waals surface area contributed by atoms with E-state index in [2.05, 4.69) is 0 Å². The van der Waals surface area contributed by atoms with E-state index in [-0.39, 0.29) is 0 Å². The van der Waals surface area contributed by atoms with Gasteiger partial charge in [0.05, 0.1) is 0 Å². The molecule has 0 aliphatic carbocycles. The second-order valence-corrected chi connectivity index (χ2v) is 2.81. The fourth-order valence-corrected chi connectivity index (χ4v) is 1.03. The minimum absolute atomic E-state index is 0.514. The molecule has 0 heterocycles. The first-order valence-corrected chi connectivity index (χ1v) is 3.91. The van der Waals surface area contributed by atoms with Crippen LogP contribution in [0.5, 0.6) is 0 Å². The molecule has 0 saturated carbocycles. The molecule has 1 unspecified atom stereocenters. The maximum Gasteiger partial charge on any atom is 0.264 e. The molecule has 1 rings (SSSR count). The Balaban J connectivity index is 2.85. The summed E-state index contributed by atoms with van der Waals surface area (Å²) in [6.45, 7) is 0. The van der Waals surface area contributed by atoms with E-state index in [1.165, 1.54) is 0 Å². The fourth-order valence-electron chi connectivity index (χ4n) is 1.03. The van der Waals surface area contributed by atoms with Crippen molar-refractivity contribution >= 4 is 0 Å². The Morgan fingerprint density at radius 2 is 1.64 bits per heavy atom. The van der Waals surface area contributed by atoms with E-state index in [9.17, 15) is 17.6 Å². The number of alkyl halides is 2. The summed E-state index contributed by atoms with van der Waals surface area (Å²) in [5.41, 5.74) is -0.514. The van der Waals surface area contributed by atoms with Gasteiger partial charge in [-0.25, -0.2) is 17.6 Å². The van der Waals surface area contributed by atoms with Gasteiger partial charge in [-0.05, 0) is 12.1 Å². The number of rotatable bonds is 3. The highest BCUT2D eigenvalue weighted by Gasteiger charge is 2.20. The Hall–Kier alpha value is -1.10. The third kappa shape index (κ3) is 2.45. The van der Waals surface area contributed by atoms with E-state index in [0.717, 1.165) is 18.2 Å². The maximum absolute atomic E-state index is 12.9. The summed E-state index contributed by atoms with van der Waals surface area (Å²) in [5, 5.41) is 8.75. The van der Waals surface area contributed by atoms with Crippen LogP contribution < -0.4 is 0 Å². The van der Waals surface area contributed by atoms with E-state index >= 15 is 0 Å². The standard InChI is InChI=1S/C9H8F4O/c10-6-2-1-3-7(11)5(6)4-8(14)9(12)13/h1-3,8-9,14H,4H2. The van der Waals surface area contributed by atoms with Crippen LogP contribution in [0.15, 0.2) is 18.2 Å². The third-order valence-corrected chi connectivity index (χ3v) is 1.77. The van der Waals surface area contributed by atoms with E-state index in [0.29, 0.717) is 0 Å². The lowest BCUT2D eigenvalue weighted by molar-refractivity contribution is -0.00448. The summed E-state index contributed by atoms with van der Waals surface area (Å²) in [6.07, 6.45) is -5.77. The molecule has 0 bridgehead atoms. The van der Waals surface area contributed by atoms with Crippen molar-refractivity contribution in [2.45, 2.75) is 19.0 Å². The third-order valence-electron chi connectivity index (χ3n) is 1.77. The average molecular weight is 208 g/mol. The highest BCUT2D eigenvalue weighted by Crippen LogP contribution is 2.16. The quantitative estimate of drug-likeness (QED) is 0.754. The monoisotopic (exact) mass is 208 g/mol. The molecule has 0 spiro atoms. The van der Waals surface area contributed by atoms with Crippen LogP contribution in [0.3, 0.4) is 0 Å². The molecular weight excluding hydrogens is 200 g/mol. The molecule has 0 aliphatic heterocycles. The second-order valence-electron chi connectivity index (χ2n) is 2.81. The van der Waals surface area contributed by atoms with Crippen LogP contribution in [0, 0.1) is 11.6 Å². The Kier molecular flexibility index (Phi) is 3.46. The average Bonchev–Trinajstić information content (AvgIpc) is 2.11. The molecule has 78 valence electrons. The van der Waals surface area contributed by atoms with Crippen LogP contribution in [0.25, 0.3) is 0 Å². The van der Waals surface area contributed by atoms with Gasteiger partial charge in [0, 0.05) is 12.0 Å². The lowest BCUT2D eigenvalue weighted by atomic mass is 10.1. The summed E-state index contributed by atoms with van der Waals surface area (Å²) < 4.78 is 49.5. The van der Waals surface area contributed by atoms with Crippen molar-refractivity contribution in [2.24, 2.45) is 0 Å². The molecule has 0 aromatic heterocycles. The minimum atomic E-state index is -3.01. The predicted octanol–water partition coefficient (Wildman–Crippen LogP) is 2.13. The van der Waals surface area contributed by atoms with E-state index in [1.807, 2.05) is 0 Å². The minimum Gasteiger partial charge on any atom is -0.387 e. The van der Waals surface area contributed by atoms with Gasteiger partial charge in [-0.3, -0.25) is 0 Å². The van der Waals surface area contributed by atoms with Crippen molar-refractivity contribution in [1.82, 2.24) is 0 Å². The first-order valence-electron chi connectivity index (χ1n) is 3.91. The summed E-state index contributed by atoms with van der Waals surface area (Å²) in [7, 11) is 0. The number of benzene rings is 1. The zero-order chi connectivity index (χ0) is 10.7. The lowest BCUT2D eigenvalue weighted by Crippen LogP contribution is -2.21. The molecular formula is C9H8F4O. The fraction of sp³-hybridized carbons (Fsp3) is 0.333. The SMILES string of the molecule is OC(Cc1c(F)cccc1F)C(F)F. The van der Waals surface area contributed by atoms with Crippen LogP contribution >= 0.6 is 0 Å². The summed E-state index contributed by atoms with van der Waals surface area (Å²) in [5.74, 6) is -1.85. The van der Waals surface area contributed by atoms with Gasteiger partial charge in [-0.2, -0.15) is 0 Å². The Morgan fingerprint density at radius 1 is 1.14 bits per heavy atom. The number of aliphatic hydroxyl groups is 1. The number of aliphatic hydroxyl groups excluding tert-OH is 1. The molecule has 0 amide bonds. The zero-order valence-corrected chi connectivity index (χ0v) is 7.05. The zero-order valence-electron chi connectivity index (χ0n) is 7.05. The Labute approximate surface area is 78.0 Å². The maximum atomic E-state index is 12.9. The van der Waals surface area contributed by atoms with Crippen molar-refractivity contribution in [3.8, 4) is 0 Å². The molecule has 5 heteroatoms. The first kappa shape index (κ1) is 11.0. The van der Waals surface area contributed by atoms with Gasteiger partial charge in [0.25, 0.3) is 6.43 Å². The van der Waals surface area contributed by atoms with Gasteiger partial charge >= 0.3 is 0 Å². The van der Waals surface area contributed by atoms with Crippen LogP contribution in [-0.2, 0) is 6.42 Å². The van der Waals surface area contributed by atoms with Crippen molar-refractivity contribution < 1.29 is 22.7 Å². The van der Waals surface area contributed by atoms with Crippen molar-refractivity contribution in [3.05, 3.63) is 35.4 Å². The molecule has 1 aromatic rings. The van der Waals surface area contributed by atoms with E-state index in [1.54, 1.807) is 0 Å². The first-order chi connectivity index (χ1) is 6.52. The molecule has 1 atom stereocenters. The Morgan fingerprint density at radius 3 is 2.07 bits per heavy atom. The summed E-state index contributed by atoms with van der Waals surface area (Å²) in [6, 6.07) is 3.04. The second kappa shape index (κ2) is 4.41. The molecule has 0 radical (unpaired) electrons. The molecule has 0 fully saturated rings. The highest BCUT2D eigenvalue weighted by molar-refractivity contribution is 5.20. The van der Waals surface area contributed by atoms with Gasteiger partial charge in [0.2, 0.25) is 0 Å². The normalized spacial score (nSPS) is 13.3. The number of halogens is 4. The lowest BCUT2D eigenvalue weighted by Gasteiger charge is -2.10. The molecule has 0 aliphatic rings.